The monoisotopic (exact) mass is 344 g/mol. The van der Waals surface area contributed by atoms with Gasteiger partial charge >= 0.3 is 0 Å². The first kappa shape index (κ1) is 17.3. The van der Waals surface area contributed by atoms with Crippen molar-refractivity contribution in [3.05, 3.63) is 35.5 Å². The molecule has 0 atom stereocenters. The van der Waals surface area contributed by atoms with Crippen molar-refractivity contribution in [1.29, 1.82) is 0 Å². The number of aromatic nitrogens is 4. The number of carbonyl (C=O) groups is 1. The molecule has 1 amide bonds. The maximum absolute atomic E-state index is 11.9. The molecule has 8 nitrogen and oxygen atoms in total. The Hall–Kier alpha value is -2.48. The molecule has 0 bridgehead atoms. The number of pyridine rings is 1. The SMILES string of the molecule is COCCNC(=O)c1ccc(NCc2nnc3n2CCCCC3)nc1. The van der Waals surface area contributed by atoms with E-state index < -0.39 is 0 Å². The summed E-state index contributed by atoms with van der Waals surface area (Å²) in [7, 11) is 1.60. The second-order valence-corrected chi connectivity index (χ2v) is 6.03. The molecule has 0 fully saturated rings. The first-order chi connectivity index (χ1) is 12.3. The minimum Gasteiger partial charge on any atom is -0.383 e. The van der Waals surface area contributed by atoms with Crippen LogP contribution in [-0.2, 0) is 24.2 Å². The van der Waals surface area contributed by atoms with Gasteiger partial charge in [-0.05, 0) is 25.0 Å². The summed E-state index contributed by atoms with van der Waals surface area (Å²) >= 11 is 0. The maximum Gasteiger partial charge on any atom is 0.252 e. The van der Waals surface area contributed by atoms with Crippen molar-refractivity contribution < 1.29 is 9.53 Å². The molecule has 25 heavy (non-hydrogen) atoms. The van der Waals surface area contributed by atoms with Crippen LogP contribution in [0.2, 0.25) is 0 Å². The fraction of sp³-hybridized carbons (Fsp3) is 0.529. The van der Waals surface area contributed by atoms with E-state index in [1.54, 1.807) is 25.4 Å². The first-order valence-corrected chi connectivity index (χ1v) is 8.66. The van der Waals surface area contributed by atoms with Crippen molar-refractivity contribution in [2.75, 3.05) is 25.6 Å². The number of nitrogens with one attached hydrogen (secondary N) is 2. The fourth-order valence-corrected chi connectivity index (χ4v) is 2.85. The molecule has 2 N–H and O–H groups in total. The number of hydrogen-bond donors (Lipinski definition) is 2. The van der Waals surface area contributed by atoms with E-state index in [0.29, 0.717) is 31.1 Å². The second kappa shape index (κ2) is 8.57. The first-order valence-electron chi connectivity index (χ1n) is 8.66. The molecule has 134 valence electrons. The van der Waals surface area contributed by atoms with Crippen molar-refractivity contribution >= 4 is 11.7 Å². The number of hydrogen-bond acceptors (Lipinski definition) is 6. The highest BCUT2D eigenvalue weighted by Crippen LogP contribution is 2.15. The van der Waals surface area contributed by atoms with Gasteiger partial charge in [-0.15, -0.1) is 10.2 Å². The molecule has 0 saturated carbocycles. The molecule has 1 aliphatic heterocycles. The van der Waals surface area contributed by atoms with Gasteiger partial charge in [0.1, 0.15) is 11.6 Å². The highest BCUT2D eigenvalue weighted by atomic mass is 16.5. The van der Waals surface area contributed by atoms with E-state index in [-0.39, 0.29) is 5.91 Å². The molecule has 1 aliphatic rings. The topological polar surface area (TPSA) is 94.0 Å². The highest BCUT2D eigenvalue weighted by Gasteiger charge is 2.14. The number of rotatable bonds is 7. The Labute approximate surface area is 147 Å². The smallest absolute Gasteiger partial charge is 0.252 e. The average Bonchev–Trinajstić information content (AvgIpc) is 2.87. The Kier molecular flexibility index (Phi) is 5.95. The standard InChI is InChI=1S/C17H24N6O2/c1-25-10-8-18-17(24)13-6-7-14(19-11-13)20-12-16-22-21-15-5-3-2-4-9-23(15)16/h6-7,11H,2-5,8-10,12H2,1H3,(H,18,24)(H,19,20). The summed E-state index contributed by atoms with van der Waals surface area (Å²) in [6.07, 6.45) is 6.16. The number of anilines is 1. The number of ether oxygens (including phenoxy) is 1. The molecule has 0 unspecified atom stereocenters. The Balaban J connectivity index is 1.55. The van der Waals surface area contributed by atoms with Crippen LogP contribution in [0.3, 0.4) is 0 Å². The van der Waals surface area contributed by atoms with Crippen LogP contribution in [0.4, 0.5) is 5.82 Å². The Morgan fingerprint density at radius 1 is 1.28 bits per heavy atom. The minimum absolute atomic E-state index is 0.154. The average molecular weight is 344 g/mol. The Morgan fingerprint density at radius 3 is 3.00 bits per heavy atom. The zero-order valence-corrected chi connectivity index (χ0v) is 14.5. The lowest BCUT2D eigenvalue weighted by molar-refractivity contribution is 0.0937. The van der Waals surface area contributed by atoms with Crippen LogP contribution in [0.15, 0.2) is 18.3 Å². The predicted octanol–water partition coefficient (Wildman–Crippen LogP) is 1.39. The maximum atomic E-state index is 11.9. The van der Waals surface area contributed by atoms with Gasteiger partial charge in [0.2, 0.25) is 0 Å². The summed E-state index contributed by atoms with van der Waals surface area (Å²) in [6.45, 7) is 2.52. The molecule has 0 aliphatic carbocycles. The number of fused-ring (bicyclic) bond motifs is 1. The van der Waals surface area contributed by atoms with E-state index in [1.165, 1.54) is 19.3 Å². The predicted molar refractivity (Wildman–Crippen MR) is 93.3 cm³/mol. The van der Waals surface area contributed by atoms with Crippen LogP contribution in [0.25, 0.3) is 0 Å². The van der Waals surface area contributed by atoms with Crippen molar-refractivity contribution in [2.45, 2.75) is 38.8 Å². The summed E-state index contributed by atoms with van der Waals surface area (Å²) < 4.78 is 7.11. The summed E-state index contributed by atoms with van der Waals surface area (Å²) in [6, 6.07) is 3.55. The van der Waals surface area contributed by atoms with Gasteiger partial charge in [0.05, 0.1) is 18.7 Å². The van der Waals surface area contributed by atoms with E-state index in [2.05, 4.69) is 30.4 Å². The number of carbonyl (C=O) groups excluding carboxylic acids is 1. The van der Waals surface area contributed by atoms with Crippen LogP contribution < -0.4 is 10.6 Å². The lowest BCUT2D eigenvalue weighted by atomic mass is 10.2. The quantitative estimate of drug-likeness (QED) is 0.737. The molecule has 2 aromatic rings. The summed E-state index contributed by atoms with van der Waals surface area (Å²) in [4.78, 5) is 16.2. The van der Waals surface area contributed by atoms with Gasteiger partial charge in [-0.3, -0.25) is 4.79 Å². The largest absolute Gasteiger partial charge is 0.383 e. The van der Waals surface area contributed by atoms with Crippen LogP contribution in [-0.4, -0.2) is 45.9 Å². The van der Waals surface area contributed by atoms with Gasteiger partial charge in [-0.2, -0.15) is 0 Å². The van der Waals surface area contributed by atoms with Crippen molar-refractivity contribution in [2.24, 2.45) is 0 Å². The Bertz CT molecular complexity index is 698. The molecule has 2 aromatic heterocycles. The number of amides is 1. The normalized spacial score (nSPS) is 13.8. The van der Waals surface area contributed by atoms with Gasteiger partial charge in [0.15, 0.2) is 5.82 Å². The molecular weight excluding hydrogens is 320 g/mol. The number of aryl methyl sites for hydroxylation is 1. The van der Waals surface area contributed by atoms with E-state index >= 15 is 0 Å². The van der Waals surface area contributed by atoms with E-state index in [4.69, 9.17) is 4.74 Å². The fourth-order valence-electron chi connectivity index (χ4n) is 2.85. The molecule has 0 aromatic carbocycles. The molecule has 0 spiro atoms. The third-order valence-corrected chi connectivity index (χ3v) is 4.23. The molecule has 3 heterocycles. The number of methoxy groups -OCH3 is 1. The number of nitrogens with zero attached hydrogens (tertiary/aromatic N) is 4. The van der Waals surface area contributed by atoms with Crippen molar-refractivity contribution in [1.82, 2.24) is 25.1 Å². The van der Waals surface area contributed by atoms with E-state index in [1.807, 2.05) is 0 Å². The van der Waals surface area contributed by atoms with E-state index in [9.17, 15) is 4.79 Å². The molecular formula is C17H24N6O2. The van der Waals surface area contributed by atoms with Crippen molar-refractivity contribution in [3.8, 4) is 0 Å². The molecule has 8 heteroatoms. The van der Waals surface area contributed by atoms with E-state index in [0.717, 1.165) is 24.6 Å². The van der Waals surface area contributed by atoms with Gasteiger partial charge in [-0.1, -0.05) is 6.42 Å². The van der Waals surface area contributed by atoms with Crippen LogP contribution in [0.5, 0.6) is 0 Å². The molecule has 3 rings (SSSR count). The van der Waals surface area contributed by atoms with Gasteiger partial charge < -0.3 is 19.9 Å². The third kappa shape index (κ3) is 4.54. The van der Waals surface area contributed by atoms with Crippen LogP contribution in [0, 0.1) is 0 Å². The zero-order chi connectivity index (χ0) is 17.5. The lowest BCUT2D eigenvalue weighted by Crippen LogP contribution is -2.27. The highest BCUT2D eigenvalue weighted by molar-refractivity contribution is 5.94. The summed E-state index contributed by atoms with van der Waals surface area (Å²) in [5.74, 6) is 2.56. The molecule has 0 radical (unpaired) electrons. The second-order valence-electron chi connectivity index (χ2n) is 6.03. The van der Waals surface area contributed by atoms with Crippen LogP contribution in [0.1, 0.15) is 41.3 Å². The lowest BCUT2D eigenvalue weighted by Gasteiger charge is -2.09. The van der Waals surface area contributed by atoms with Gasteiger partial charge in [-0.25, -0.2) is 4.98 Å². The van der Waals surface area contributed by atoms with Gasteiger partial charge in [0.25, 0.3) is 5.91 Å². The minimum atomic E-state index is -0.154. The summed E-state index contributed by atoms with van der Waals surface area (Å²) in [5.41, 5.74) is 0.526. The zero-order valence-electron chi connectivity index (χ0n) is 14.5. The third-order valence-electron chi connectivity index (χ3n) is 4.23. The summed E-state index contributed by atoms with van der Waals surface area (Å²) in [5, 5.41) is 14.6. The van der Waals surface area contributed by atoms with Crippen LogP contribution >= 0.6 is 0 Å². The van der Waals surface area contributed by atoms with Crippen molar-refractivity contribution in [3.63, 3.8) is 0 Å². The van der Waals surface area contributed by atoms with Gasteiger partial charge in [0, 0.05) is 32.8 Å². The molecule has 0 saturated heterocycles. The Morgan fingerprint density at radius 2 is 2.20 bits per heavy atom.